The minimum Gasteiger partial charge on any atom is -0.457 e. The Kier molecular flexibility index (Phi) is 6.86. The van der Waals surface area contributed by atoms with E-state index in [1.807, 2.05) is 42.5 Å². The highest BCUT2D eigenvalue weighted by molar-refractivity contribution is 6.00. The van der Waals surface area contributed by atoms with E-state index in [-0.39, 0.29) is 12.4 Å². The van der Waals surface area contributed by atoms with E-state index in [4.69, 9.17) is 10.5 Å². The Morgan fingerprint density at radius 1 is 0.909 bits per heavy atom. The monoisotopic (exact) mass is 463 g/mol. The van der Waals surface area contributed by atoms with Crippen LogP contribution < -0.4 is 10.5 Å². The van der Waals surface area contributed by atoms with Gasteiger partial charge in [0.15, 0.2) is 0 Å². The predicted octanol–water partition coefficient (Wildman–Crippen LogP) is 5.94. The van der Waals surface area contributed by atoms with E-state index in [1.54, 1.807) is 6.33 Å². The molecule has 172 valence electrons. The molecule has 0 radical (unpaired) electrons. The van der Waals surface area contributed by atoms with Crippen LogP contribution in [0.2, 0.25) is 0 Å². The van der Waals surface area contributed by atoms with Gasteiger partial charge in [-0.25, -0.2) is 9.97 Å². The van der Waals surface area contributed by atoms with Crippen molar-refractivity contribution in [2.24, 2.45) is 0 Å². The summed E-state index contributed by atoms with van der Waals surface area (Å²) in [6.45, 7) is 0. The first-order valence-corrected chi connectivity index (χ1v) is 11.2. The van der Waals surface area contributed by atoms with Gasteiger partial charge in [-0.1, -0.05) is 30.3 Å². The molecule has 0 amide bonds. The van der Waals surface area contributed by atoms with Gasteiger partial charge in [-0.3, -0.25) is 0 Å². The molecule has 0 bridgehead atoms. The standard InChI is InChI=1S/C26H29N5O.ClH/c1-30(2)19-10-12-20(13-11-19)31-16-23(24-25(27)28-17-29-26(24)31)18-8-14-22(15-9-18)32-21-6-4-3-5-7-21;/h3-9,14-17,19-20H,10-13H2,1-2H3,(H2,27,28,29);1H. The van der Waals surface area contributed by atoms with Crippen molar-refractivity contribution in [1.82, 2.24) is 19.4 Å². The summed E-state index contributed by atoms with van der Waals surface area (Å²) >= 11 is 0. The summed E-state index contributed by atoms with van der Waals surface area (Å²) in [7, 11) is 4.35. The number of benzene rings is 2. The SMILES string of the molecule is CN(C)C1CCC(n2cc(-c3ccc(Oc4ccccc4)cc3)c3c(N)ncnc32)CC1.Cl. The molecule has 1 saturated carbocycles. The molecule has 1 aliphatic carbocycles. The summed E-state index contributed by atoms with van der Waals surface area (Å²) in [5.74, 6) is 2.15. The van der Waals surface area contributed by atoms with E-state index in [1.165, 1.54) is 12.8 Å². The number of rotatable bonds is 5. The second kappa shape index (κ2) is 9.81. The summed E-state index contributed by atoms with van der Waals surface area (Å²) in [6.07, 6.45) is 8.45. The molecule has 0 atom stereocenters. The lowest BCUT2D eigenvalue weighted by Crippen LogP contribution is -2.32. The summed E-state index contributed by atoms with van der Waals surface area (Å²) in [5, 5.41) is 0.930. The van der Waals surface area contributed by atoms with Crippen LogP contribution in [0, 0.1) is 0 Å². The molecule has 7 heteroatoms. The number of hydrogen-bond donors (Lipinski definition) is 1. The number of ether oxygens (including phenoxy) is 1. The first-order chi connectivity index (χ1) is 15.6. The summed E-state index contributed by atoms with van der Waals surface area (Å²) in [4.78, 5) is 11.3. The lowest BCUT2D eigenvalue weighted by Gasteiger charge is -2.33. The van der Waals surface area contributed by atoms with Crippen LogP contribution in [-0.2, 0) is 0 Å². The van der Waals surface area contributed by atoms with Gasteiger partial charge in [0.25, 0.3) is 0 Å². The highest BCUT2D eigenvalue weighted by Gasteiger charge is 2.26. The Balaban J connectivity index is 0.00000259. The van der Waals surface area contributed by atoms with Crippen LogP contribution in [0.5, 0.6) is 11.5 Å². The maximum atomic E-state index is 6.34. The molecule has 2 aromatic heterocycles. The fraction of sp³-hybridized carbons (Fsp3) is 0.308. The largest absolute Gasteiger partial charge is 0.457 e. The third kappa shape index (κ3) is 4.68. The number of nitrogens with zero attached hydrogens (tertiary/aromatic N) is 4. The normalized spacial score (nSPS) is 18.3. The van der Waals surface area contributed by atoms with Crippen LogP contribution in [0.25, 0.3) is 22.2 Å². The highest BCUT2D eigenvalue weighted by Crippen LogP contribution is 2.39. The zero-order valence-electron chi connectivity index (χ0n) is 19.0. The average Bonchev–Trinajstić information content (AvgIpc) is 3.21. The molecule has 2 heterocycles. The molecule has 1 fully saturated rings. The van der Waals surface area contributed by atoms with E-state index in [9.17, 15) is 0 Å². The van der Waals surface area contributed by atoms with Crippen molar-refractivity contribution in [3.63, 3.8) is 0 Å². The van der Waals surface area contributed by atoms with Gasteiger partial charge in [-0.05, 0) is 69.6 Å². The van der Waals surface area contributed by atoms with E-state index in [0.29, 0.717) is 17.9 Å². The predicted molar refractivity (Wildman–Crippen MR) is 136 cm³/mol. The Labute approximate surface area is 200 Å². The third-order valence-corrected chi connectivity index (χ3v) is 6.57. The molecule has 0 spiro atoms. The Bertz CT molecular complexity index is 1200. The highest BCUT2D eigenvalue weighted by atomic mass is 35.5. The van der Waals surface area contributed by atoms with E-state index >= 15 is 0 Å². The van der Waals surface area contributed by atoms with Crippen molar-refractivity contribution in [3.05, 3.63) is 67.1 Å². The molecular formula is C26H30ClN5O. The molecule has 33 heavy (non-hydrogen) atoms. The van der Waals surface area contributed by atoms with Crippen LogP contribution in [0.15, 0.2) is 67.1 Å². The maximum Gasteiger partial charge on any atom is 0.146 e. The topological polar surface area (TPSA) is 69.2 Å². The Morgan fingerprint density at radius 3 is 2.24 bits per heavy atom. The molecule has 0 unspecified atom stereocenters. The molecule has 2 N–H and O–H groups in total. The third-order valence-electron chi connectivity index (χ3n) is 6.57. The fourth-order valence-corrected chi connectivity index (χ4v) is 4.79. The number of halogens is 1. The van der Waals surface area contributed by atoms with Gasteiger partial charge in [0.05, 0.1) is 5.39 Å². The van der Waals surface area contributed by atoms with E-state index in [0.717, 1.165) is 46.5 Å². The average molecular weight is 464 g/mol. The molecule has 0 aliphatic heterocycles. The minimum atomic E-state index is 0. The molecular weight excluding hydrogens is 434 g/mol. The van der Waals surface area contributed by atoms with Crippen LogP contribution in [0.3, 0.4) is 0 Å². The van der Waals surface area contributed by atoms with Crippen molar-refractivity contribution < 1.29 is 4.74 Å². The van der Waals surface area contributed by atoms with Crippen LogP contribution >= 0.6 is 12.4 Å². The molecule has 2 aromatic carbocycles. The smallest absolute Gasteiger partial charge is 0.146 e. The number of para-hydroxylation sites is 1. The summed E-state index contributed by atoms with van der Waals surface area (Å²) < 4.78 is 8.27. The van der Waals surface area contributed by atoms with Crippen molar-refractivity contribution in [2.45, 2.75) is 37.8 Å². The van der Waals surface area contributed by atoms with Crippen molar-refractivity contribution in [2.75, 3.05) is 19.8 Å². The first-order valence-electron chi connectivity index (χ1n) is 11.2. The minimum absolute atomic E-state index is 0. The van der Waals surface area contributed by atoms with Crippen LogP contribution in [-0.4, -0.2) is 39.6 Å². The number of aromatic nitrogens is 3. The van der Waals surface area contributed by atoms with Crippen molar-refractivity contribution in [1.29, 1.82) is 0 Å². The van der Waals surface area contributed by atoms with Gasteiger partial charge < -0.3 is 19.9 Å². The molecule has 0 saturated heterocycles. The zero-order chi connectivity index (χ0) is 22.1. The van der Waals surface area contributed by atoms with Crippen LogP contribution in [0.1, 0.15) is 31.7 Å². The number of nitrogen functional groups attached to an aromatic ring is 1. The van der Waals surface area contributed by atoms with Crippen molar-refractivity contribution in [3.8, 4) is 22.6 Å². The number of hydrogen-bond acceptors (Lipinski definition) is 5. The van der Waals surface area contributed by atoms with Gasteiger partial charge in [0, 0.05) is 23.8 Å². The van der Waals surface area contributed by atoms with Gasteiger partial charge in [0.2, 0.25) is 0 Å². The maximum absolute atomic E-state index is 6.34. The Morgan fingerprint density at radius 2 is 1.58 bits per heavy atom. The molecule has 1 aliphatic rings. The summed E-state index contributed by atoms with van der Waals surface area (Å²) in [5.41, 5.74) is 9.41. The number of fused-ring (bicyclic) bond motifs is 1. The molecule has 5 rings (SSSR count). The second-order valence-electron chi connectivity index (χ2n) is 8.77. The lowest BCUT2D eigenvalue weighted by molar-refractivity contribution is 0.197. The lowest BCUT2D eigenvalue weighted by atomic mass is 9.90. The van der Waals surface area contributed by atoms with Gasteiger partial charge in [-0.15, -0.1) is 12.4 Å². The quantitative estimate of drug-likeness (QED) is 0.396. The molecule has 6 nitrogen and oxygen atoms in total. The van der Waals surface area contributed by atoms with Gasteiger partial charge in [0.1, 0.15) is 29.3 Å². The number of anilines is 1. The second-order valence-corrected chi connectivity index (χ2v) is 8.77. The van der Waals surface area contributed by atoms with Crippen molar-refractivity contribution >= 4 is 29.3 Å². The zero-order valence-corrected chi connectivity index (χ0v) is 19.8. The summed E-state index contributed by atoms with van der Waals surface area (Å²) in [6, 6.07) is 19.0. The van der Waals surface area contributed by atoms with E-state index < -0.39 is 0 Å². The van der Waals surface area contributed by atoms with Crippen LogP contribution in [0.4, 0.5) is 5.82 Å². The van der Waals surface area contributed by atoms with Gasteiger partial charge in [-0.2, -0.15) is 0 Å². The van der Waals surface area contributed by atoms with Gasteiger partial charge >= 0.3 is 0 Å². The molecule has 4 aromatic rings. The fourth-order valence-electron chi connectivity index (χ4n) is 4.79. The first kappa shape index (κ1) is 23.1. The Hall–Kier alpha value is -3.09. The van der Waals surface area contributed by atoms with E-state index in [2.05, 4.69) is 51.9 Å². The number of nitrogens with two attached hydrogens (primary N) is 1.